The van der Waals surface area contributed by atoms with Gasteiger partial charge in [-0.05, 0) is 42.2 Å². The van der Waals surface area contributed by atoms with Crippen molar-refractivity contribution in [3.8, 4) is 0 Å². The van der Waals surface area contributed by atoms with Crippen LogP contribution in [0.2, 0.25) is 0 Å². The number of para-hydroxylation sites is 1. The maximum atomic E-state index is 13.1. The van der Waals surface area contributed by atoms with Gasteiger partial charge in [0, 0.05) is 38.9 Å². The Morgan fingerprint density at radius 2 is 1.91 bits per heavy atom. The summed E-state index contributed by atoms with van der Waals surface area (Å²) in [6.07, 6.45) is -3.68. The quantitative estimate of drug-likeness (QED) is 0.565. The SMILES string of the molecule is CN=C(NCC1CCN(c2ccccc2)C1)N1CCOC(c2cccc(C(F)(F)F)c2)C1. The molecule has 0 amide bonds. The first-order valence-electron chi connectivity index (χ1n) is 11.0. The molecule has 2 saturated heterocycles. The maximum absolute atomic E-state index is 13.1. The standard InChI is InChI=1S/C24H29F3N4O/c1-28-23(29-15-18-10-11-30(16-18)21-8-3-2-4-9-21)31-12-13-32-22(17-31)19-6-5-7-20(14-19)24(25,26)27/h2-9,14,18,22H,10-13,15-17H2,1H3,(H,28,29). The highest BCUT2D eigenvalue weighted by Crippen LogP contribution is 2.32. The fourth-order valence-electron chi connectivity index (χ4n) is 4.40. The number of anilines is 1. The predicted molar refractivity (Wildman–Crippen MR) is 120 cm³/mol. The van der Waals surface area contributed by atoms with Gasteiger partial charge in [0.15, 0.2) is 5.96 Å². The fourth-order valence-corrected chi connectivity index (χ4v) is 4.40. The molecular weight excluding hydrogens is 417 g/mol. The van der Waals surface area contributed by atoms with Crippen molar-refractivity contribution >= 4 is 11.6 Å². The summed E-state index contributed by atoms with van der Waals surface area (Å²) in [5, 5.41) is 3.47. The van der Waals surface area contributed by atoms with Crippen LogP contribution in [0.15, 0.2) is 59.6 Å². The summed E-state index contributed by atoms with van der Waals surface area (Å²) in [6, 6.07) is 15.8. The first-order valence-corrected chi connectivity index (χ1v) is 11.0. The van der Waals surface area contributed by atoms with Crippen molar-refractivity contribution in [2.75, 3.05) is 51.3 Å². The average molecular weight is 447 g/mol. The number of halogens is 3. The smallest absolute Gasteiger partial charge is 0.371 e. The topological polar surface area (TPSA) is 40.1 Å². The monoisotopic (exact) mass is 446 g/mol. The molecule has 0 spiro atoms. The van der Waals surface area contributed by atoms with E-state index in [2.05, 4.69) is 44.4 Å². The van der Waals surface area contributed by atoms with Crippen molar-refractivity contribution in [3.63, 3.8) is 0 Å². The van der Waals surface area contributed by atoms with Gasteiger partial charge in [-0.1, -0.05) is 30.3 Å². The molecule has 2 aliphatic rings. The van der Waals surface area contributed by atoms with Gasteiger partial charge < -0.3 is 19.9 Å². The Morgan fingerprint density at radius 3 is 2.66 bits per heavy atom. The van der Waals surface area contributed by atoms with E-state index in [1.807, 2.05) is 6.07 Å². The summed E-state index contributed by atoms with van der Waals surface area (Å²) in [5.41, 5.74) is 1.13. The first kappa shape index (κ1) is 22.5. The molecule has 2 aromatic carbocycles. The Hall–Kier alpha value is -2.74. The summed E-state index contributed by atoms with van der Waals surface area (Å²) in [4.78, 5) is 8.88. The summed E-state index contributed by atoms with van der Waals surface area (Å²) < 4.78 is 45.1. The van der Waals surface area contributed by atoms with E-state index in [-0.39, 0.29) is 0 Å². The van der Waals surface area contributed by atoms with Gasteiger partial charge in [-0.3, -0.25) is 4.99 Å². The summed E-state index contributed by atoms with van der Waals surface area (Å²) in [5.74, 6) is 1.27. The van der Waals surface area contributed by atoms with Crippen LogP contribution in [0, 0.1) is 5.92 Å². The molecule has 0 bridgehead atoms. The second-order valence-corrected chi connectivity index (χ2v) is 8.29. The largest absolute Gasteiger partial charge is 0.416 e. The van der Waals surface area contributed by atoms with Crippen LogP contribution >= 0.6 is 0 Å². The van der Waals surface area contributed by atoms with Gasteiger partial charge in [-0.15, -0.1) is 0 Å². The number of morpholine rings is 1. The third kappa shape index (κ3) is 5.35. The molecule has 0 aliphatic carbocycles. The van der Waals surface area contributed by atoms with E-state index in [1.54, 1.807) is 13.1 Å². The number of guanidine groups is 1. The zero-order valence-corrected chi connectivity index (χ0v) is 18.2. The molecule has 172 valence electrons. The third-order valence-electron chi connectivity index (χ3n) is 6.12. The van der Waals surface area contributed by atoms with Crippen molar-refractivity contribution in [1.82, 2.24) is 10.2 Å². The van der Waals surface area contributed by atoms with E-state index in [4.69, 9.17) is 4.74 Å². The molecule has 2 unspecified atom stereocenters. The molecule has 1 N–H and O–H groups in total. The van der Waals surface area contributed by atoms with E-state index < -0.39 is 17.8 Å². The van der Waals surface area contributed by atoms with Crippen LogP contribution in [0.4, 0.5) is 18.9 Å². The van der Waals surface area contributed by atoms with Crippen molar-refractivity contribution in [3.05, 3.63) is 65.7 Å². The van der Waals surface area contributed by atoms with Gasteiger partial charge in [0.1, 0.15) is 6.10 Å². The van der Waals surface area contributed by atoms with Gasteiger partial charge in [0.25, 0.3) is 0 Å². The Kier molecular flexibility index (Phi) is 6.89. The van der Waals surface area contributed by atoms with Crippen molar-refractivity contribution in [1.29, 1.82) is 0 Å². The zero-order valence-electron chi connectivity index (χ0n) is 18.2. The zero-order chi connectivity index (χ0) is 22.6. The molecule has 2 heterocycles. The Labute approximate surface area is 186 Å². The number of hydrogen-bond donors (Lipinski definition) is 1. The lowest BCUT2D eigenvalue weighted by molar-refractivity contribution is -0.137. The molecule has 5 nitrogen and oxygen atoms in total. The van der Waals surface area contributed by atoms with Crippen molar-refractivity contribution < 1.29 is 17.9 Å². The predicted octanol–water partition coefficient (Wildman–Crippen LogP) is 4.18. The highest BCUT2D eigenvalue weighted by molar-refractivity contribution is 5.80. The lowest BCUT2D eigenvalue weighted by atomic mass is 10.0. The Bertz CT molecular complexity index is 919. The van der Waals surface area contributed by atoms with Gasteiger partial charge in [0.05, 0.1) is 18.7 Å². The fraction of sp³-hybridized carbons (Fsp3) is 0.458. The molecule has 0 radical (unpaired) electrons. The highest BCUT2D eigenvalue weighted by atomic mass is 19.4. The van der Waals surface area contributed by atoms with Crippen LogP contribution in [0.3, 0.4) is 0 Å². The molecule has 8 heteroatoms. The normalized spacial score (nSPS) is 22.3. The van der Waals surface area contributed by atoms with E-state index in [1.165, 1.54) is 17.8 Å². The van der Waals surface area contributed by atoms with E-state index in [0.29, 0.717) is 31.2 Å². The summed E-state index contributed by atoms with van der Waals surface area (Å²) in [6.45, 7) is 4.38. The number of aliphatic imine (C=N–C) groups is 1. The average Bonchev–Trinajstić information content (AvgIpc) is 3.29. The highest BCUT2D eigenvalue weighted by Gasteiger charge is 2.32. The Morgan fingerprint density at radius 1 is 1.09 bits per heavy atom. The van der Waals surface area contributed by atoms with Crippen LogP contribution in [-0.4, -0.2) is 57.2 Å². The molecule has 2 aromatic rings. The summed E-state index contributed by atoms with van der Waals surface area (Å²) in [7, 11) is 1.74. The maximum Gasteiger partial charge on any atom is 0.416 e. The lowest BCUT2D eigenvalue weighted by Crippen LogP contribution is -2.49. The van der Waals surface area contributed by atoms with E-state index in [0.717, 1.165) is 38.1 Å². The van der Waals surface area contributed by atoms with Crippen LogP contribution < -0.4 is 10.2 Å². The van der Waals surface area contributed by atoms with Crippen LogP contribution in [0.1, 0.15) is 23.7 Å². The molecule has 2 fully saturated rings. The minimum absolute atomic E-state index is 0.426. The number of hydrogen-bond acceptors (Lipinski definition) is 3. The van der Waals surface area contributed by atoms with Gasteiger partial charge in [-0.25, -0.2) is 0 Å². The van der Waals surface area contributed by atoms with Crippen LogP contribution in [0.5, 0.6) is 0 Å². The molecule has 0 aromatic heterocycles. The second-order valence-electron chi connectivity index (χ2n) is 8.29. The number of ether oxygens (including phenoxy) is 1. The molecular formula is C24H29F3N4O. The van der Waals surface area contributed by atoms with Gasteiger partial charge in [0.2, 0.25) is 0 Å². The van der Waals surface area contributed by atoms with Crippen molar-refractivity contribution in [2.45, 2.75) is 18.7 Å². The second kappa shape index (κ2) is 9.81. The van der Waals surface area contributed by atoms with Crippen molar-refractivity contribution in [2.24, 2.45) is 10.9 Å². The molecule has 2 atom stereocenters. The number of benzene rings is 2. The lowest BCUT2D eigenvalue weighted by Gasteiger charge is -2.35. The number of nitrogens with one attached hydrogen (secondary N) is 1. The molecule has 4 rings (SSSR count). The number of rotatable bonds is 4. The van der Waals surface area contributed by atoms with Crippen LogP contribution in [0.25, 0.3) is 0 Å². The van der Waals surface area contributed by atoms with E-state index in [9.17, 15) is 13.2 Å². The number of alkyl halides is 3. The van der Waals surface area contributed by atoms with Crippen LogP contribution in [-0.2, 0) is 10.9 Å². The van der Waals surface area contributed by atoms with Gasteiger partial charge >= 0.3 is 6.18 Å². The Balaban J connectivity index is 1.34. The first-order chi connectivity index (χ1) is 15.4. The molecule has 0 saturated carbocycles. The molecule has 2 aliphatic heterocycles. The third-order valence-corrected chi connectivity index (χ3v) is 6.12. The summed E-state index contributed by atoms with van der Waals surface area (Å²) >= 11 is 0. The van der Waals surface area contributed by atoms with Gasteiger partial charge in [-0.2, -0.15) is 13.2 Å². The molecule has 32 heavy (non-hydrogen) atoms. The minimum Gasteiger partial charge on any atom is -0.371 e. The van der Waals surface area contributed by atoms with E-state index >= 15 is 0 Å². The minimum atomic E-state index is -4.36. The number of nitrogens with zero attached hydrogens (tertiary/aromatic N) is 3.